The summed E-state index contributed by atoms with van der Waals surface area (Å²) in [5.74, 6) is 0. The lowest BCUT2D eigenvalue weighted by Crippen LogP contribution is -2.03. The number of nitrogens with zero attached hydrogens (tertiary/aromatic N) is 4. The summed E-state index contributed by atoms with van der Waals surface area (Å²) < 4.78 is 3.79. The molecule has 0 fully saturated rings. The molecular formula is C10H14N4O. The molecule has 0 amide bonds. The first kappa shape index (κ1) is 9.92. The maximum Gasteiger partial charge on any atom is 0.0954 e. The summed E-state index contributed by atoms with van der Waals surface area (Å²) in [6.07, 6.45) is 3.55. The van der Waals surface area contributed by atoms with Gasteiger partial charge in [-0.25, -0.2) is 4.98 Å². The van der Waals surface area contributed by atoms with E-state index in [4.69, 9.17) is 5.11 Å². The van der Waals surface area contributed by atoms with Crippen molar-refractivity contribution >= 4 is 0 Å². The molecule has 0 aliphatic carbocycles. The van der Waals surface area contributed by atoms with Crippen molar-refractivity contribution in [1.82, 2.24) is 19.3 Å². The molecule has 15 heavy (non-hydrogen) atoms. The van der Waals surface area contributed by atoms with E-state index in [1.165, 1.54) is 0 Å². The lowest BCUT2D eigenvalue weighted by Gasteiger charge is -2.01. The molecule has 2 rings (SSSR count). The fourth-order valence-electron chi connectivity index (χ4n) is 1.57. The molecule has 0 unspecified atom stereocenters. The highest BCUT2D eigenvalue weighted by Crippen LogP contribution is 2.05. The van der Waals surface area contributed by atoms with E-state index < -0.39 is 0 Å². The second-order valence-corrected chi connectivity index (χ2v) is 3.60. The number of hydrogen-bond donors (Lipinski definition) is 1. The second kappa shape index (κ2) is 3.86. The van der Waals surface area contributed by atoms with Crippen molar-refractivity contribution in [2.24, 2.45) is 7.05 Å². The monoisotopic (exact) mass is 206 g/mol. The standard InChI is InChI=1S/C10H14N4O/c1-8-3-10(13(2)12-8)5-14-4-9(6-15)11-7-14/h3-4,7,15H,5-6H2,1-2H3. The first-order valence-corrected chi connectivity index (χ1v) is 4.80. The topological polar surface area (TPSA) is 55.9 Å². The zero-order valence-corrected chi connectivity index (χ0v) is 8.88. The molecule has 0 saturated carbocycles. The van der Waals surface area contributed by atoms with Crippen molar-refractivity contribution in [3.8, 4) is 0 Å². The van der Waals surface area contributed by atoms with Gasteiger partial charge < -0.3 is 9.67 Å². The molecule has 2 aromatic rings. The van der Waals surface area contributed by atoms with Gasteiger partial charge in [-0.15, -0.1) is 0 Å². The maximum atomic E-state index is 8.88. The smallest absolute Gasteiger partial charge is 0.0954 e. The predicted octanol–water partition coefficient (Wildman–Crippen LogP) is 0.466. The largest absolute Gasteiger partial charge is 0.390 e. The van der Waals surface area contributed by atoms with Crippen LogP contribution in [0.5, 0.6) is 0 Å². The minimum atomic E-state index is -0.0165. The van der Waals surface area contributed by atoms with Crippen LogP contribution in [0.2, 0.25) is 0 Å². The first-order valence-electron chi connectivity index (χ1n) is 4.80. The van der Waals surface area contributed by atoms with Gasteiger partial charge in [0.2, 0.25) is 0 Å². The van der Waals surface area contributed by atoms with E-state index in [2.05, 4.69) is 10.1 Å². The summed E-state index contributed by atoms with van der Waals surface area (Å²) in [6, 6.07) is 2.04. The van der Waals surface area contributed by atoms with Gasteiger partial charge in [0.15, 0.2) is 0 Å². The van der Waals surface area contributed by atoms with E-state index in [0.29, 0.717) is 5.69 Å². The molecule has 2 aromatic heterocycles. The van der Waals surface area contributed by atoms with E-state index >= 15 is 0 Å². The molecule has 0 aliphatic rings. The van der Waals surface area contributed by atoms with Gasteiger partial charge >= 0.3 is 0 Å². The Morgan fingerprint density at radius 2 is 2.27 bits per heavy atom. The molecule has 0 bridgehead atoms. The van der Waals surface area contributed by atoms with E-state index in [1.54, 1.807) is 6.33 Å². The van der Waals surface area contributed by atoms with Gasteiger partial charge in [0.25, 0.3) is 0 Å². The van der Waals surface area contributed by atoms with Crippen LogP contribution in [-0.2, 0) is 20.2 Å². The highest BCUT2D eigenvalue weighted by Gasteiger charge is 2.03. The second-order valence-electron chi connectivity index (χ2n) is 3.60. The number of aryl methyl sites for hydroxylation is 2. The molecule has 0 radical (unpaired) electrons. The Balaban J connectivity index is 2.17. The summed E-state index contributed by atoms with van der Waals surface area (Å²) in [5.41, 5.74) is 2.82. The Hall–Kier alpha value is -1.62. The van der Waals surface area contributed by atoms with Crippen LogP contribution in [0.3, 0.4) is 0 Å². The van der Waals surface area contributed by atoms with Crippen LogP contribution >= 0.6 is 0 Å². The van der Waals surface area contributed by atoms with Gasteiger partial charge in [-0.2, -0.15) is 5.10 Å². The average molecular weight is 206 g/mol. The third-order valence-corrected chi connectivity index (χ3v) is 2.29. The molecule has 1 N–H and O–H groups in total. The molecule has 80 valence electrons. The van der Waals surface area contributed by atoms with E-state index in [0.717, 1.165) is 17.9 Å². The molecule has 2 heterocycles. The Labute approximate surface area is 88.0 Å². The Morgan fingerprint density at radius 3 is 2.80 bits per heavy atom. The van der Waals surface area contributed by atoms with Crippen molar-refractivity contribution < 1.29 is 5.11 Å². The van der Waals surface area contributed by atoms with Crippen LogP contribution in [0.15, 0.2) is 18.6 Å². The van der Waals surface area contributed by atoms with Gasteiger partial charge in [-0.05, 0) is 13.0 Å². The zero-order chi connectivity index (χ0) is 10.8. The molecule has 0 atom stereocenters. The van der Waals surface area contributed by atoms with Crippen molar-refractivity contribution in [3.63, 3.8) is 0 Å². The van der Waals surface area contributed by atoms with Crippen LogP contribution in [-0.4, -0.2) is 24.4 Å². The number of aliphatic hydroxyl groups excluding tert-OH is 1. The van der Waals surface area contributed by atoms with E-state index in [-0.39, 0.29) is 6.61 Å². The van der Waals surface area contributed by atoms with E-state index in [9.17, 15) is 0 Å². The minimum Gasteiger partial charge on any atom is -0.390 e. The SMILES string of the molecule is Cc1cc(Cn2cnc(CO)c2)n(C)n1. The quantitative estimate of drug-likeness (QED) is 0.794. The Kier molecular flexibility index (Phi) is 2.55. The molecule has 0 aromatic carbocycles. The minimum absolute atomic E-state index is 0.0165. The predicted molar refractivity (Wildman–Crippen MR) is 55.2 cm³/mol. The Morgan fingerprint density at radius 1 is 1.47 bits per heavy atom. The van der Waals surface area contributed by atoms with Crippen molar-refractivity contribution in [2.75, 3.05) is 0 Å². The summed E-state index contributed by atoms with van der Waals surface area (Å²) >= 11 is 0. The Bertz CT molecular complexity index is 458. The van der Waals surface area contributed by atoms with Gasteiger partial charge in [-0.3, -0.25) is 4.68 Å². The molecule has 5 heteroatoms. The number of rotatable bonds is 3. The molecular weight excluding hydrogens is 192 g/mol. The molecule has 0 spiro atoms. The molecule has 0 aliphatic heterocycles. The summed E-state index contributed by atoms with van der Waals surface area (Å²) in [7, 11) is 1.92. The van der Waals surface area contributed by atoms with Crippen molar-refractivity contribution in [2.45, 2.75) is 20.1 Å². The summed E-state index contributed by atoms with van der Waals surface area (Å²) in [5, 5.41) is 13.2. The van der Waals surface area contributed by atoms with Gasteiger partial charge in [0, 0.05) is 13.2 Å². The normalized spacial score (nSPS) is 10.9. The van der Waals surface area contributed by atoms with Gasteiger partial charge in [0.1, 0.15) is 0 Å². The fraction of sp³-hybridized carbons (Fsp3) is 0.400. The third-order valence-electron chi connectivity index (χ3n) is 2.29. The molecule has 0 saturated heterocycles. The number of aromatic nitrogens is 4. The highest BCUT2D eigenvalue weighted by atomic mass is 16.3. The van der Waals surface area contributed by atoms with Gasteiger partial charge in [-0.1, -0.05) is 0 Å². The fourth-order valence-corrected chi connectivity index (χ4v) is 1.57. The van der Waals surface area contributed by atoms with Crippen LogP contribution in [0.4, 0.5) is 0 Å². The van der Waals surface area contributed by atoms with Crippen LogP contribution < -0.4 is 0 Å². The number of aliphatic hydroxyl groups is 1. The average Bonchev–Trinajstić information content (AvgIpc) is 2.75. The van der Waals surface area contributed by atoms with E-state index in [1.807, 2.05) is 35.5 Å². The number of imidazole rings is 1. The summed E-state index contributed by atoms with van der Waals surface area (Å²) in [6.45, 7) is 2.68. The summed E-state index contributed by atoms with van der Waals surface area (Å²) in [4.78, 5) is 4.05. The van der Waals surface area contributed by atoms with Crippen LogP contribution in [0.1, 0.15) is 17.1 Å². The highest BCUT2D eigenvalue weighted by molar-refractivity contribution is 5.09. The van der Waals surface area contributed by atoms with Crippen LogP contribution in [0, 0.1) is 6.92 Å². The lowest BCUT2D eigenvalue weighted by atomic mass is 10.3. The maximum absolute atomic E-state index is 8.88. The van der Waals surface area contributed by atoms with Crippen molar-refractivity contribution in [1.29, 1.82) is 0 Å². The molecule has 5 nitrogen and oxygen atoms in total. The zero-order valence-electron chi connectivity index (χ0n) is 8.88. The first-order chi connectivity index (χ1) is 7.19. The van der Waals surface area contributed by atoms with Crippen molar-refractivity contribution in [3.05, 3.63) is 35.7 Å². The number of hydrogen-bond acceptors (Lipinski definition) is 3. The van der Waals surface area contributed by atoms with Crippen LogP contribution in [0.25, 0.3) is 0 Å². The third kappa shape index (κ3) is 2.07. The lowest BCUT2D eigenvalue weighted by molar-refractivity contribution is 0.277. The van der Waals surface area contributed by atoms with Gasteiger partial charge in [0.05, 0.1) is 36.6 Å².